The van der Waals surface area contributed by atoms with E-state index in [4.69, 9.17) is 5.73 Å². The number of aromatic nitrogens is 2. The summed E-state index contributed by atoms with van der Waals surface area (Å²) in [6, 6.07) is 0. The number of hydrogen-bond acceptors (Lipinski definition) is 2. The Bertz CT molecular complexity index is 229. The van der Waals surface area contributed by atoms with E-state index < -0.39 is 0 Å². The third-order valence-electron chi connectivity index (χ3n) is 2.12. The summed E-state index contributed by atoms with van der Waals surface area (Å²) in [6.07, 6.45) is 5.03. The van der Waals surface area contributed by atoms with Crippen LogP contribution in [0.3, 0.4) is 0 Å². The van der Waals surface area contributed by atoms with Crippen LogP contribution in [-0.4, -0.2) is 16.1 Å². The van der Waals surface area contributed by atoms with E-state index in [-0.39, 0.29) is 0 Å². The molecule has 0 aromatic carbocycles. The number of imidazole rings is 1. The average molecular weight is 137 g/mol. The topological polar surface area (TPSA) is 43.8 Å². The van der Waals surface area contributed by atoms with Crippen molar-refractivity contribution < 1.29 is 0 Å². The fraction of sp³-hybridized carbons (Fsp3) is 0.571. The minimum Gasteiger partial charge on any atom is -0.335 e. The maximum Gasteiger partial charge on any atom is 0.113 e. The predicted molar refractivity (Wildman–Crippen MR) is 38.6 cm³/mol. The Kier molecular flexibility index (Phi) is 1.24. The van der Waals surface area contributed by atoms with Crippen LogP contribution in [0.1, 0.15) is 18.2 Å². The Morgan fingerprint density at radius 1 is 1.80 bits per heavy atom. The fourth-order valence-corrected chi connectivity index (χ4v) is 1.52. The lowest BCUT2D eigenvalue weighted by atomic mass is 10.1. The van der Waals surface area contributed by atoms with Gasteiger partial charge in [-0.1, -0.05) is 0 Å². The Hall–Kier alpha value is -0.830. The first-order valence-corrected chi connectivity index (χ1v) is 3.63. The van der Waals surface area contributed by atoms with Gasteiger partial charge in [-0.05, 0) is 6.42 Å². The maximum atomic E-state index is 5.55. The molecular formula is C7H11N3. The first kappa shape index (κ1) is 5.92. The molecule has 1 aromatic rings. The molecule has 10 heavy (non-hydrogen) atoms. The van der Waals surface area contributed by atoms with Crippen LogP contribution in [0.5, 0.6) is 0 Å². The molecule has 54 valence electrons. The van der Waals surface area contributed by atoms with E-state index >= 15 is 0 Å². The van der Waals surface area contributed by atoms with E-state index in [1.807, 2.05) is 12.4 Å². The molecule has 1 aliphatic rings. The molecule has 0 amide bonds. The van der Waals surface area contributed by atoms with E-state index in [1.165, 1.54) is 12.2 Å². The maximum absolute atomic E-state index is 5.55. The van der Waals surface area contributed by atoms with Crippen LogP contribution in [0.25, 0.3) is 0 Å². The third-order valence-corrected chi connectivity index (χ3v) is 2.12. The minimum absolute atomic E-state index is 0.509. The quantitative estimate of drug-likeness (QED) is 0.606. The lowest BCUT2D eigenvalue weighted by Gasteiger charge is -2.00. The van der Waals surface area contributed by atoms with Crippen molar-refractivity contribution in [3.05, 3.63) is 18.2 Å². The highest BCUT2D eigenvalue weighted by molar-refractivity contribution is 5.05. The SMILES string of the molecule is NCC1CCn2ccnc21. The second kappa shape index (κ2) is 2.09. The van der Waals surface area contributed by atoms with Crippen LogP contribution >= 0.6 is 0 Å². The van der Waals surface area contributed by atoms with Crippen molar-refractivity contribution in [2.45, 2.75) is 18.9 Å². The van der Waals surface area contributed by atoms with Gasteiger partial charge in [0, 0.05) is 31.4 Å². The first-order valence-electron chi connectivity index (χ1n) is 3.63. The highest BCUT2D eigenvalue weighted by atomic mass is 15.1. The molecule has 1 unspecified atom stereocenters. The van der Waals surface area contributed by atoms with Crippen molar-refractivity contribution in [2.75, 3.05) is 6.54 Å². The molecule has 1 aliphatic heterocycles. The van der Waals surface area contributed by atoms with Crippen molar-refractivity contribution in [3.63, 3.8) is 0 Å². The van der Waals surface area contributed by atoms with Crippen LogP contribution in [0, 0.1) is 0 Å². The van der Waals surface area contributed by atoms with Gasteiger partial charge in [-0.15, -0.1) is 0 Å². The van der Waals surface area contributed by atoms with Crippen LogP contribution in [-0.2, 0) is 6.54 Å². The average Bonchev–Trinajstić information content (AvgIpc) is 2.44. The van der Waals surface area contributed by atoms with Gasteiger partial charge in [0.1, 0.15) is 5.82 Å². The van der Waals surface area contributed by atoms with E-state index in [1.54, 1.807) is 0 Å². The van der Waals surface area contributed by atoms with E-state index in [2.05, 4.69) is 9.55 Å². The zero-order chi connectivity index (χ0) is 6.97. The molecule has 0 aliphatic carbocycles. The molecule has 3 nitrogen and oxygen atoms in total. The Balaban J connectivity index is 2.34. The molecule has 0 bridgehead atoms. The lowest BCUT2D eigenvalue weighted by molar-refractivity contribution is 0.661. The molecule has 0 radical (unpaired) electrons. The van der Waals surface area contributed by atoms with E-state index in [9.17, 15) is 0 Å². The summed E-state index contributed by atoms with van der Waals surface area (Å²) in [5.41, 5.74) is 5.55. The molecular weight excluding hydrogens is 126 g/mol. The second-order valence-corrected chi connectivity index (χ2v) is 2.70. The third kappa shape index (κ3) is 0.671. The number of aryl methyl sites for hydroxylation is 1. The highest BCUT2D eigenvalue weighted by Gasteiger charge is 2.21. The molecule has 2 N–H and O–H groups in total. The van der Waals surface area contributed by atoms with E-state index in [0.717, 1.165) is 13.1 Å². The van der Waals surface area contributed by atoms with Gasteiger partial charge in [0.05, 0.1) is 0 Å². The van der Waals surface area contributed by atoms with Gasteiger partial charge in [-0.25, -0.2) is 4.98 Å². The van der Waals surface area contributed by atoms with Crippen molar-refractivity contribution in [1.82, 2.24) is 9.55 Å². The molecule has 1 aromatic heterocycles. The normalized spacial score (nSPS) is 23.1. The van der Waals surface area contributed by atoms with Gasteiger partial charge >= 0.3 is 0 Å². The molecule has 0 fully saturated rings. The van der Waals surface area contributed by atoms with Crippen molar-refractivity contribution >= 4 is 0 Å². The van der Waals surface area contributed by atoms with Crippen LogP contribution in [0.15, 0.2) is 12.4 Å². The summed E-state index contributed by atoms with van der Waals surface area (Å²) in [4.78, 5) is 4.23. The smallest absolute Gasteiger partial charge is 0.113 e. The van der Waals surface area contributed by atoms with Crippen molar-refractivity contribution in [3.8, 4) is 0 Å². The Morgan fingerprint density at radius 3 is 3.50 bits per heavy atom. The lowest BCUT2D eigenvalue weighted by Crippen LogP contribution is -2.10. The van der Waals surface area contributed by atoms with Crippen LogP contribution in [0.2, 0.25) is 0 Å². The summed E-state index contributed by atoms with van der Waals surface area (Å²) >= 11 is 0. The molecule has 0 spiro atoms. The second-order valence-electron chi connectivity index (χ2n) is 2.70. The van der Waals surface area contributed by atoms with Gasteiger partial charge in [0.15, 0.2) is 0 Å². The number of hydrogen-bond donors (Lipinski definition) is 1. The number of nitrogens with zero attached hydrogens (tertiary/aromatic N) is 2. The van der Waals surface area contributed by atoms with Gasteiger partial charge < -0.3 is 10.3 Å². The molecule has 0 saturated heterocycles. The highest BCUT2D eigenvalue weighted by Crippen LogP contribution is 2.24. The summed E-state index contributed by atoms with van der Waals surface area (Å²) < 4.78 is 2.18. The van der Waals surface area contributed by atoms with Crippen molar-refractivity contribution in [2.24, 2.45) is 5.73 Å². The first-order chi connectivity index (χ1) is 4.92. The number of nitrogens with two attached hydrogens (primary N) is 1. The van der Waals surface area contributed by atoms with Gasteiger partial charge in [-0.3, -0.25) is 0 Å². The number of rotatable bonds is 1. The molecule has 0 saturated carbocycles. The summed E-state index contributed by atoms with van der Waals surface area (Å²) in [7, 11) is 0. The van der Waals surface area contributed by atoms with Crippen LogP contribution in [0.4, 0.5) is 0 Å². The standard InChI is InChI=1S/C7H11N3/c8-5-6-1-3-10-4-2-9-7(6)10/h2,4,6H,1,3,5,8H2. The molecule has 2 heterocycles. The Labute approximate surface area is 59.9 Å². The molecule has 1 atom stereocenters. The van der Waals surface area contributed by atoms with E-state index in [0.29, 0.717) is 5.92 Å². The zero-order valence-corrected chi connectivity index (χ0v) is 5.83. The predicted octanol–water partition coefficient (Wildman–Crippen LogP) is 0.329. The number of fused-ring (bicyclic) bond motifs is 1. The minimum atomic E-state index is 0.509. The summed E-state index contributed by atoms with van der Waals surface area (Å²) in [5, 5.41) is 0. The largest absolute Gasteiger partial charge is 0.335 e. The van der Waals surface area contributed by atoms with Gasteiger partial charge in [-0.2, -0.15) is 0 Å². The van der Waals surface area contributed by atoms with Gasteiger partial charge in [0.25, 0.3) is 0 Å². The zero-order valence-electron chi connectivity index (χ0n) is 5.83. The molecule has 2 rings (SSSR count). The monoisotopic (exact) mass is 137 g/mol. The molecule has 3 heteroatoms. The fourth-order valence-electron chi connectivity index (χ4n) is 1.52. The summed E-state index contributed by atoms with van der Waals surface area (Å²) in [6.45, 7) is 1.83. The summed E-state index contributed by atoms with van der Waals surface area (Å²) in [5.74, 6) is 1.68. The Morgan fingerprint density at radius 2 is 2.70 bits per heavy atom. The van der Waals surface area contributed by atoms with Gasteiger partial charge in [0.2, 0.25) is 0 Å². The van der Waals surface area contributed by atoms with Crippen LogP contribution < -0.4 is 5.73 Å². The van der Waals surface area contributed by atoms with Crippen molar-refractivity contribution in [1.29, 1.82) is 0 Å².